The van der Waals surface area contributed by atoms with Gasteiger partial charge in [0.15, 0.2) is 6.61 Å². The Bertz CT molecular complexity index is 1600. The van der Waals surface area contributed by atoms with Gasteiger partial charge in [0.05, 0.1) is 27.8 Å². The summed E-state index contributed by atoms with van der Waals surface area (Å²) in [6.45, 7) is -0.613. The summed E-state index contributed by atoms with van der Waals surface area (Å²) in [7, 11) is 0. The second-order valence-electron chi connectivity index (χ2n) is 9.61. The van der Waals surface area contributed by atoms with Crippen LogP contribution in [0.2, 0.25) is 0 Å². The van der Waals surface area contributed by atoms with E-state index in [0.29, 0.717) is 5.56 Å². The molecule has 0 unspecified atom stereocenters. The molecule has 15 heteroatoms. The third-order valence-electron chi connectivity index (χ3n) is 6.82. The fourth-order valence-electron chi connectivity index (χ4n) is 4.76. The molecule has 2 aliphatic rings. The highest BCUT2D eigenvalue weighted by molar-refractivity contribution is 9.10. The minimum absolute atomic E-state index is 0.0109. The molecule has 8 nitrogen and oxygen atoms in total. The number of nitrogens with one attached hydrogen (secondary N) is 1. The summed E-state index contributed by atoms with van der Waals surface area (Å²) in [5, 5.41) is 2.66. The molecule has 1 atom stereocenters. The number of ether oxygens (including phenoxy) is 2. The summed E-state index contributed by atoms with van der Waals surface area (Å²) in [5.41, 5.74) is 0.0215. The molecule has 226 valence electrons. The third kappa shape index (κ3) is 6.71. The number of carbonyl (C=O) groups excluding carboxylic acids is 3. The monoisotopic (exact) mass is 671 g/mol. The number of anilines is 1. The Morgan fingerprint density at radius 2 is 1.70 bits per heavy atom. The van der Waals surface area contributed by atoms with Gasteiger partial charge in [-0.25, -0.2) is 0 Å². The molecule has 1 fully saturated rings. The number of carbonyl (C=O) groups is 3. The number of nitrogens with zero attached hydrogens (tertiary/aromatic N) is 2. The molecule has 0 radical (unpaired) electrons. The van der Waals surface area contributed by atoms with Crippen LogP contribution < -0.4 is 14.8 Å². The second-order valence-corrected chi connectivity index (χ2v) is 10.5. The lowest BCUT2D eigenvalue weighted by molar-refractivity contribution is -0.274. The molecule has 3 aromatic rings. The van der Waals surface area contributed by atoms with Crippen molar-refractivity contribution in [1.29, 1.82) is 0 Å². The highest BCUT2D eigenvalue weighted by Gasteiger charge is 2.40. The first-order valence-electron chi connectivity index (χ1n) is 12.6. The fourth-order valence-corrected chi connectivity index (χ4v) is 5.23. The zero-order valence-corrected chi connectivity index (χ0v) is 23.3. The van der Waals surface area contributed by atoms with Gasteiger partial charge in [0.1, 0.15) is 17.5 Å². The van der Waals surface area contributed by atoms with Crippen molar-refractivity contribution in [3.63, 3.8) is 0 Å². The van der Waals surface area contributed by atoms with E-state index in [2.05, 4.69) is 26.0 Å². The molecule has 5 rings (SSSR count). The molecular formula is C28H20BrF6N3O5. The standard InChI is InChI=1S/C28H20BrF6N3O5/c29-20-12-18(43-28(33,34)35)5-7-23(20)42-14-24(39)37-8-9-38-22(13-37)25(40)36-21-6-4-16(11-19(21)26(38)41)15-2-1-3-17(10-15)27(30,31)32/h1-7,10-12,22H,8-9,13-14H2,(H,36,40)/t22-/m0/s1. The molecule has 0 aliphatic carbocycles. The van der Waals surface area contributed by atoms with Crippen LogP contribution in [0, 0.1) is 0 Å². The maximum atomic E-state index is 13.5. The van der Waals surface area contributed by atoms with Gasteiger partial charge in [0.25, 0.3) is 11.8 Å². The van der Waals surface area contributed by atoms with E-state index in [1.165, 1.54) is 46.2 Å². The Hall–Kier alpha value is -4.27. The van der Waals surface area contributed by atoms with Crippen LogP contribution in [-0.2, 0) is 15.8 Å². The van der Waals surface area contributed by atoms with Crippen molar-refractivity contribution in [2.75, 3.05) is 31.6 Å². The predicted molar refractivity (Wildman–Crippen MR) is 143 cm³/mol. The molecule has 0 spiro atoms. The van der Waals surface area contributed by atoms with Crippen molar-refractivity contribution in [2.45, 2.75) is 18.6 Å². The number of amides is 3. The molecule has 1 N–H and O–H groups in total. The summed E-state index contributed by atoms with van der Waals surface area (Å²) >= 11 is 3.07. The van der Waals surface area contributed by atoms with Crippen LogP contribution in [0.1, 0.15) is 15.9 Å². The highest BCUT2D eigenvalue weighted by Crippen LogP contribution is 2.35. The maximum Gasteiger partial charge on any atom is 0.573 e. The van der Waals surface area contributed by atoms with Crippen molar-refractivity contribution in [1.82, 2.24) is 9.80 Å². The molecule has 1 saturated heterocycles. The predicted octanol–water partition coefficient (Wildman–Crippen LogP) is 5.72. The number of benzene rings is 3. The minimum Gasteiger partial charge on any atom is -0.483 e. The van der Waals surface area contributed by atoms with E-state index < -0.39 is 54.2 Å². The number of hydrogen-bond donors (Lipinski definition) is 1. The molecule has 2 aliphatic heterocycles. The number of rotatable bonds is 5. The van der Waals surface area contributed by atoms with Gasteiger partial charge in [-0.2, -0.15) is 13.2 Å². The van der Waals surface area contributed by atoms with Crippen LogP contribution in [-0.4, -0.2) is 66.2 Å². The largest absolute Gasteiger partial charge is 0.573 e. The summed E-state index contributed by atoms with van der Waals surface area (Å²) in [5.74, 6) is -2.02. The van der Waals surface area contributed by atoms with E-state index in [4.69, 9.17) is 4.74 Å². The molecule has 2 heterocycles. The van der Waals surface area contributed by atoms with Crippen LogP contribution in [0.5, 0.6) is 11.5 Å². The molecule has 3 amide bonds. The number of piperazine rings is 1. The quantitative estimate of drug-likeness (QED) is 0.351. The van der Waals surface area contributed by atoms with Gasteiger partial charge >= 0.3 is 12.5 Å². The molecule has 3 aromatic carbocycles. The molecule has 0 saturated carbocycles. The van der Waals surface area contributed by atoms with Crippen LogP contribution in [0.15, 0.2) is 65.1 Å². The van der Waals surface area contributed by atoms with Crippen LogP contribution >= 0.6 is 15.9 Å². The van der Waals surface area contributed by atoms with E-state index in [1.807, 2.05) is 0 Å². The average Bonchev–Trinajstić information content (AvgIpc) is 3.04. The lowest BCUT2D eigenvalue weighted by atomic mass is 9.99. The Labute approximate surface area is 248 Å². The first kappa shape index (κ1) is 30.2. The Balaban J connectivity index is 1.27. The zero-order chi connectivity index (χ0) is 31.1. The molecule has 0 aromatic heterocycles. The van der Waals surface area contributed by atoms with E-state index in [-0.39, 0.29) is 46.7 Å². The topological polar surface area (TPSA) is 88.2 Å². The van der Waals surface area contributed by atoms with Gasteiger partial charge in [-0.3, -0.25) is 14.4 Å². The van der Waals surface area contributed by atoms with Gasteiger partial charge in [-0.05, 0) is 69.5 Å². The summed E-state index contributed by atoms with van der Waals surface area (Å²) in [6.07, 6.45) is -9.43. The van der Waals surface area contributed by atoms with Crippen molar-refractivity contribution >= 4 is 39.3 Å². The first-order chi connectivity index (χ1) is 20.2. The van der Waals surface area contributed by atoms with Gasteiger partial charge in [-0.1, -0.05) is 18.2 Å². The van der Waals surface area contributed by atoms with Crippen molar-refractivity contribution in [2.24, 2.45) is 0 Å². The van der Waals surface area contributed by atoms with E-state index in [1.54, 1.807) is 0 Å². The fraction of sp³-hybridized carbons (Fsp3) is 0.250. The van der Waals surface area contributed by atoms with Gasteiger partial charge in [0, 0.05) is 13.1 Å². The van der Waals surface area contributed by atoms with Crippen molar-refractivity contribution in [3.05, 3.63) is 76.3 Å². The first-order valence-corrected chi connectivity index (χ1v) is 13.4. The molecule has 43 heavy (non-hydrogen) atoms. The smallest absolute Gasteiger partial charge is 0.483 e. The lowest BCUT2D eigenvalue weighted by Crippen LogP contribution is -2.60. The van der Waals surface area contributed by atoms with E-state index in [0.717, 1.165) is 24.3 Å². The average molecular weight is 672 g/mol. The Morgan fingerprint density at radius 3 is 2.40 bits per heavy atom. The van der Waals surface area contributed by atoms with Gasteiger partial charge in [-0.15, -0.1) is 13.2 Å². The minimum atomic E-state index is -4.88. The number of alkyl halides is 6. The summed E-state index contributed by atoms with van der Waals surface area (Å²) < 4.78 is 86.4. The highest BCUT2D eigenvalue weighted by atomic mass is 79.9. The van der Waals surface area contributed by atoms with E-state index >= 15 is 0 Å². The SMILES string of the molecule is O=C1Nc2ccc(-c3cccc(C(F)(F)F)c3)cc2C(=O)N2CCN(C(=O)COc3ccc(OC(F)(F)F)cc3Br)C[C@@H]12. The lowest BCUT2D eigenvalue weighted by Gasteiger charge is -2.39. The molecular weight excluding hydrogens is 652 g/mol. The number of halogens is 7. The Morgan fingerprint density at radius 1 is 0.953 bits per heavy atom. The van der Waals surface area contributed by atoms with Crippen LogP contribution in [0.25, 0.3) is 11.1 Å². The summed E-state index contributed by atoms with van der Waals surface area (Å²) in [6, 6.07) is 11.2. The van der Waals surface area contributed by atoms with E-state index in [9.17, 15) is 40.7 Å². The maximum absolute atomic E-state index is 13.5. The normalized spacial score (nSPS) is 17.0. The zero-order valence-electron chi connectivity index (χ0n) is 21.8. The van der Waals surface area contributed by atoms with Crippen LogP contribution in [0.4, 0.5) is 32.0 Å². The van der Waals surface area contributed by atoms with Crippen LogP contribution in [0.3, 0.4) is 0 Å². The van der Waals surface area contributed by atoms with Crippen molar-refractivity contribution < 1.29 is 50.2 Å². The second kappa shape index (κ2) is 11.4. The van der Waals surface area contributed by atoms with Crippen molar-refractivity contribution in [3.8, 4) is 22.6 Å². The van der Waals surface area contributed by atoms with Gasteiger partial charge < -0.3 is 24.6 Å². The number of fused-ring (bicyclic) bond motifs is 2. The third-order valence-corrected chi connectivity index (χ3v) is 7.44. The summed E-state index contributed by atoms with van der Waals surface area (Å²) in [4.78, 5) is 42.1. The van der Waals surface area contributed by atoms with Gasteiger partial charge in [0.2, 0.25) is 5.91 Å². The Kier molecular flexibility index (Phi) is 8.03. The molecule has 0 bridgehead atoms. The number of hydrogen-bond acceptors (Lipinski definition) is 5.